The molecule has 162 valence electrons. The molecule has 1 unspecified atom stereocenters. The number of hydrogen-bond acceptors (Lipinski definition) is 6. The topological polar surface area (TPSA) is 80.0 Å². The standard InChI is InChI=1S/C22H23F3N6/c1-14-9-18(15-4-5-21(28-12-15)31-8-2-3-17(26)13-31)29-20(10-14)30-19-11-16(6-7-27-19)22(23,24)25/h4-7,9-12,17H,2-3,8,13,26H2,1H3,(H,27,29,30). The number of nitrogens with zero attached hydrogens (tertiary/aromatic N) is 4. The third-order valence-electron chi connectivity index (χ3n) is 5.14. The highest BCUT2D eigenvalue weighted by Crippen LogP contribution is 2.31. The minimum atomic E-state index is -4.43. The molecule has 31 heavy (non-hydrogen) atoms. The lowest BCUT2D eigenvalue weighted by Crippen LogP contribution is -2.43. The smallest absolute Gasteiger partial charge is 0.355 e. The minimum Gasteiger partial charge on any atom is -0.355 e. The third kappa shape index (κ3) is 5.11. The van der Waals surface area contributed by atoms with E-state index >= 15 is 0 Å². The molecular weight excluding hydrogens is 405 g/mol. The lowest BCUT2D eigenvalue weighted by Gasteiger charge is -2.31. The number of aromatic nitrogens is 3. The molecule has 9 heteroatoms. The van der Waals surface area contributed by atoms with Crippen molar-refractivity contribution in [3.05, 3.63) is 59.9 Å². The molecule has 0 amide bonds. The Bertz CT molecular complexity index is 1050. The first-order chi connectivity index (χ1) is 14.8. The summed E-state index contributed by atoms with van der Waals surface area (Å²) in [6, 6.07) is 9.59. The zero-order valence-corrected chi connectivity index (χ0v) is 17.0. The maximum absolute atomic E-state index is 13.0. The SMILES string of the molecule is Cc1cc(Nc2cc(C(F)(F)F)ccn2)nc(-c2ccc(N3CCCC(N)C3)nc2)c1. The fourth-order valence-corrected chi connectivity index (χ4v) is 3.63. The Morgan fingerprint density at radius 3 is 2.65 bits per heavy atom. The fourth-order valence-electron chi connectivity index (χ4n) is 3.63. The van der Waals surface area contributed by atoms with Gasteiger partial charge in [-0.15, -0.1) is 0 Å². The van der Waals surface area contributed by atoms with Crippen molar-refractivity contribution in [3.8, 4) is 11.3 Å². The number of aryl methyl sites for hydroxylation is 1. The van der Waals surface area contributed by atoms with E-state index < -0.39 is 11.7 Å². The van der Waals surface area contributed by atoms with Crippen molar-refractivity contribution >= 4 is 17.5 Å². The van der Waals surface area contributed by atoms with Gasteiger partial charge in [0, 0.05) is 37.1 Å². The number of nitrogens with one attached hydrogen (secondary N) is 1. The molecule has 0 spiro atoms. The molecule has 3 aromatic heterocycles. The fraction of sp³-hybridized carbons (Fsp3) is 0.318. The van der Waals surface area contributed by atoms with Gasteiger partial charge in [-0.25, -0.2) is 15.0 Å². The van der Waals surface area contributed by atoms with Gasteiger partial charge in [-0.2, -0.15) is 13.2 Å². The molecule has 0 saturated carbocycles. The first-order valence-electron chi connectivity index (χ1n) is 10.0. The van der Waals surface area contributed by atoms with Gasteiger partial charge in [0.1, 0.15) is 17.5 Å². The first-order valence-corrected chi connectivity index (χ1v) is 10.0. The highest BCUT2D eigenvalue weighted by molar-refractivity contribution is 5.65. The average Bonchev–Trinajstić information content (AvgIpc) is 2.73. The monoisotopic (exact) mass is 428 g/mol. The van der Waals surface area contributed by atoms with E-state index in [1.165, 1.54) is 0 Å². The molecule has 0 aromatic carbocycles. The number of rotatable bonds is 4. The Balaban J connectivity index is 1.55. The maximum atomic E-state index is 13.0. The molecule has 0 bridgehead atoms. The summed E-state index contributed by atoms with van der Waals surface area (Å²) in [4.78, 5) is 15.3. The lowest BCUT2D eigenvalue weighted by molar-refractivity contribution is -0.137. The summed E-state index contributed by atoms with van der Waals surface area (Å²) in [6.07, 6.45) is 0.512. The molecule has 1 atom stereocenters. The van der Waals surface area contributed by atoms with Gasteiger partial charge in [0.05, 0.1) is 11.3 Å². The molecule has 1 aliphatic rings. The van der Waals surface area contributed by atoms with Crippen LogP contribution in [0.2, 0.25) is 0 Å². The second kappa shape index (κ2) is 8.50. The molecule has 3 N–H and O–H groups in total. The van der Waals surface area contributed by atoms with Crippen molar-refractivity contribution in [2.45, 2.75) is 32.0 Å². The minimum absolute atomic E-state index is 0.0776. The predicted octanol–water partition coefficient (Wildman–Crippen LogP) is 4.54. The summed E-state index contributed by atoms with van der Waals surface area (Å²) in [7, 11) is 0. The van der Waals surface area contributed by atoms with Gasteiger partial charge in [-0.1, -0.05) is 0 Å². The van der Waals surface area contributed by atoms with E-state index in [1.54, 1.807) is 12.3 Å². The molecule has 4 rings (SSSR count). The molecule has 4 heterocycles. The zero-order valence-electron chi connectivity index (χ0n) is 17.0. The number of piperidine rings is 1. The Kier molecular flexibility index (Phi) is 5.77. The van der Waals surface area contributed by atoms with Crippen molar-refractivity contribution in [2.24, 2.45) is 5.73 Å². The summed E-state index contributed by atoms with van der Waals surface area (Å²) in [6.45, 7) is 3.61. The van der Waals surface area contributed by atoms with E-state index in [9.17, 15) is 13.2 Å². The molecule has 0 radical (unpaired) electrons. The van der Waals surface area contributed by atoms with Crippen molar-refractivity contribution in [3.63, 3.8) is 0 Å². The van der Waals surface area contributed by atoms with Crippen molar-refractivity contribution in [1.29, 1.82) is 0 Å². The molecule has 1 aliphatic heterocycles. The normalized spacial score (nSPS) is 16.9. The second-order valence-corrected chi connectivity index (χ2v) is 7.72. The maximum Gasteiger partial charge on any atom is 0.416 e. The van der Waals surface area contributed by atoms with Crippen LogP contribution in [0.1, 0.15) is 24.0 Å². The lowest BCUT2D eigenvalue weighted by atomic mass is 10.1. The Morgan fingerprint density at radius 2 is 1.94 bits per heavy atom. The van der Waals surface area contributed by atoms with Crippen LogP contribution in [0.3, 0.4) is 0 Å². The van der Waals surface area contributed by atoms with Crippen molar-refractivity contribution in [1.82, 2.24) is 15.0 Å². The van der Waals surface area contributed by atoms with Gasteiger partial charge in [0.25, 0.3) is 0 Å². The van der Waals surface area contributed by atoms with Gasteiger partial charge in [-0.3, -0.25) is 0 Å². The quantitative estimate of drug-likeness (QED) is 0.635. The van der Waals surface area contributed by atoms with Crippen LogP contribution in [0.4, 0.5) is 30.6 Å². The molecule has 3 aromatic rings. The van der Waals surface area contributed by atoms with E-state index in [4.69, 9.17) is 5.73 Å². The highest BCUT2D eigenvalue weighted by atomic mass is 19.4. The van der Waals surface area contributed by atoms with Crippen LogP contribution < -0.4 is 16.0 Å². The predicted molar refractivity (Wildman–Crippen MR) is 114 cm³/mol. The first kappa shape index (κ1) is 21.0. The van der Waals surface area contributed by atoms with E-state index in [0.29, 0.717) is 11.5 Å². The molecule has 1 fully saturated rings. The van der Waals surface area contributed by atoms with Crippen LogP contribution >= 0.6 is 0 Å². The van der Waals surface area contributed by atoms with Gasteiger partial charge in [0.15, 0.2) is 0 Å². The summed E-state index contributed by atoms with van der Waals surface area (Å²) in [5.74, 6) is 1.36. The van der Waals surface area contributed by atoms with Crippen LogP contribution in [0.25, 0.3) is 11.3 Å². The molecule has 1 saturated heterocycles. The number of halogens is 3. The summed E-state index contributed by atoms with van der Waals surface area (Å²) < 4.78 is 38.9. The molecular formula is C22H23F3N6. The van der Waals surface area contributed by atoms with Crippen molar-refractivity contribution < 1.29 is 13.2 Å². The van der Waals surface area contributed by atoms with Crippen molar-refractivity contribution in [2.75, 3.05) is 23.3 Å². The second-order valence-electron chi connectivity index (χ2n) is 7.72. The molecule has 6 nitrogen and oxygen atoms in total. The Labute approximate surface area is 178 Å². The summed E-state index contributed by atoms with van der Waals surface area (Å²) in [5.41, 5.74) is 7.68. The van der Waals surface area contributed by atoms with Gasteiger partial charge < -0.3 is 16.0 Å². The Morgan fingerprint density at radius 1 is 1.10 bits per heavy atom. The van der Waals surface area contributed by atoms with Crippen LogP contribution in [0.5, 0.6) is 0 Å². The summed E-state index contributed by atoms with van der Waals surface area (Å²) >= 11 is 0. The number of hydrogen-bond donors (Lipinski definition) is 2. The van der Waals surface area contributed by atoms with Crippen LogP contribution in [-0.4, -0.2) is 34.1 Å². The number of alkyl halides is 3. The van der Waals surface area contributed by atoms with Gasteiger partial charge >= 0.3 is 6.18 Å². The highest BCUT2D eigenvalue weighted by Gasteiger charge is 2.30. The zero-order chi connectivity index (χ0) is 22.0. The average molecular weight is 428 g/mol. The Hall–Kier alpha value is -3.20. The van der Waals surface area contributed by atoms with Crippen LogP contribution in [0, 0.1) is 6.92 Å². The van der Waals surface area contributed by atoms with Crippen LogP contribution in [-0.2, 0) is 6.18 Å². The number of nitrogens with two attached hydrogens (primary N) is 1. The van der Waals surface area contributed by atoms with Gasteiger partial charge in [0.2, 0.25) is 0 Å². The largest absolute Gasteiger partial charge is 0.416 e. The number of pyridine rings is 3. The van der Waals surface area contributed by atoms with E-state index in [-0.39, 0.29) is 11.9 Å². The molecule has 0 aliphatic carbocycles. The van der Waals surface area contributed by atoms with E-state index in [1.807, 2.05) is 25.1 Å². The van der Waals surface area contributed by atoms with Gasteiger partial charge in [-0.05, 0) is 61.7 Å². The number of anilines is 3. The summed E-state index contributed by atoms with van der Waals surface area (Å²) in [5, 5.41) is 2.87. The third-order valence-corrected chi connectivity index (χ3v) is 5.14. The van der Waals surface area contributed by atoms with Crippen LogP contribution in [0.15, 0.2) is 48.8 Å². The van der Waals surface area contributed by atoms with E-state index in [0.717, 1.165) is 61.2 Å². The van der Waals surface area contributed by atoms with E-state index in [2.05, 4.69) is 25.2 Å².